The van der Waals surface area contributed by atoms with Crippen LogP contribution in [0.2, 0.25) is 0 Å². The molecule has 2 aromatic carbocycles. The van der Waals surface area contributed by atoms with E-state index in [1.165, 1.54) is 19.1 Å². The molecule has 0 radical (unpaired) electrons. The molecule has 0 aliphatic carbocycles. The van der Waals surface area contributed by atoms with Crippen molar-refractivity contribution in [3.8, 4) is 16.9 Å². The molecule has 4 rings (SSSR count). The highest BCUT2D eigenvalue weighted by atomic mass is 19.1. The van der Waals surface area contributed by atoms with Gasteiger partial charge in [-0.1, -0.05) is 6.07 Å². The Morgan fingerprint density at radius 3 is 2.69 bits per heavy atom. The van der Waals surface area contributed by atoms with Crippen molar-refractivity contribution in [2.45, 2.75) is 46.8 Å². The predicted molar refractivity (Wildman–Crippen MR) is 120 cm³/mol. The van der Waals surface area contributed by atoms with Gasteiger partial charge in [0.2, 0.25) is 0 Å². The summed E-state index contributed by atoms with van der Waals surface area (Å²) >= 11 is 0. The largest absolute Gasteiger partial charge is 0.487 e. The van der Waals surface area contributed by atoms with Crippen LogP contribution < -0.4 is 10.1 Å². The minimum atomic E-state index is -0.411. The zero-order valence-electron chi connectivity index (χ0n) is 18.7. The second-order valence-corrected chi connectivity index (χ2v) is 8.19. The summed E-state index contributed by atoms with van der Waals surface area (Å²) in [6.45, 7) is 8.11. The number of Topliss-reactive ketones (excluding diaryl/α,β-unsaturated/α-hetero) is 1. The normalized spacial score (nSPS) is 14.7. The van der Waals surface area contributed by atoms with Crippen LogP contribution in [0.5, 0.6) is 5.75 Å². The molecule has 1 aliphatic heterocycles. The third-order valence-electron chi connectivity index (χ3n) is 5.63. The molecule has 0 saturated carbocycles. The second-order valence-electron chi connectivity index (χ2n) is 8.19. The van der Waals surface area contributed by atoms with Gasteiger partial charge in [-0.2, -0.15) is 5.10 Å². The molecule has 7 heteroatoms. The third kappa shape index (κ3) is 4.15. The Bertz CT molecular complexity index is 1220. The number of ketones is 1. The number of aryl methyl sites for hydroxylation is 3. The lowest BCUT2D eigenvalue weighted by Crippen LogP contribution is -2.35. The van der Waals surface area contributed by atoms with Crippen molar-refractivity contribution < 1.29 is 18.7 Å². The molecule has 1 aliphatic rings. The van der Waals surface area contributed by atoms with Crippen LogP contribution in [0, 0.1) is 19.7 Å². The van der Waals surface area contributed by atoms with Gasteiger partial charge < -0.3 is 10.1 Å². The van der Waals surface area contributed by atoms with E-state index < -0.39 is 5.82 Å². The van der Waals surface area contributed by atoms with Crippen LogP contribution >= 0.6 is 0 Å². The average molecular weight is 435 g/mol. The summed E-state index contributed by atoms with van der Waals surface area (Å²) in [6, 6.07) is 10.0. The minimum absolute atomic E-state index is 0.126. The highest BCUT2D eigenvalue weighted by Gasteiger charge is 2.28. The van der Waals surface area contributed by atoms with E-state index in [0.29, 0.717) is 47.6 Å². The number of carbonyl (C=O) groups excluding carboxylic acids is 2. The van der Waals surface area contributed by atoms with Crippen LogP contribution in [-0.2, 0) is 13.0 Å². The summed E-state index contributed by atoms with van der Waals surface area (Å²) in [6.07, 6.45) is 0.331. The lowest BCUT2D eigenvalue weighted by molar-refractivity contribution is 0.0922. The summed E-state index contributed by atoms with van der Waals surface area (Å²) in [5.74, 6) is -0.141. The molecule has 1 aromatic heterocycles. The van der Waals surface area contributed by atoms with Crippen molar-refractivity contribution in [1.82, 2.24) is 15.1 Å². The predicted octanol–water partition coefficient (Wildman–Crippen LogP) is 4.26. The van der Waals surface area contributed by atoms with E-state index in [0.717, 1.165) is 16.8 Å². The van der Waals surface area contributed by atoms with Crippen LogP contribution in [0.3, 0.4) is 0 Å². The molecule has 0 fully saturated rings. The van der Waals surface area contributed by atoms with Gasteiger partial charge >= 0.3 is 0 Å². The Kier molecular flexibility index (Phi) is 5.82. The first-order valence-electron chi connectivity index (χ1n) is 10.7. The third-order valence-corrected chi connectivity index (χ3v) is 5.63. The van der Waals surface area contributed by atoms with E-state index in [-0.39, 0.29) is 17.8 Å². The van der Waals surface area contributed by atoms with Crippen molar-refractivity contribution in [3.05, 3.63) is 70.3 Å². The monoisotopic (exact) mass is 435 g/mol. The molecule has 0 bridgehead atoms. The zero-order chi connectivity index (χ0) is 23.0. The number of nitrogens with one attached hydrogen (secondary N) is 1. The van der Waals surface area contributed by atoms with Crippen LogP contribution in [0.15, 0.2) is 36.4 Å². The molecule has 6 nitrogen and oxygen atoms in total. The zero-order valence-corrected chi connectivity index (χ0v) is 18.7. The molecule has 3 aromatic rings. The number of ether oxygens (including phenoxy) is 1. The van der Waals surface area contributed by atoms with Gasteiger partial charge in [0, 0.05) is 29.7 Å². The van der Waals surface area contributed by atoms with Crippen molar-refractivity contribution in [2.75, 3.05) is 6.54 Å². The molecule has 1 atom stereocenters. The molecular formula is C25H26FN3O3. The number of halogens is 1. The number of carbonyl (C=O) groups is 2. The first kappa shape index (κ1) is 21.7. The van der Waals surface area contributed by atoms with Crippen LogP contribution in [0.4, 0.5) is 4.39 Å². The van der Waals surface area contributed by atoms with E-state index in [9.17, 15) is 14.0 Å². The van der Waals surface area contributed by atoms with Crippen molar-refractivity contribution >= 4 is 11.7 Å². The van der Waals surface area contributed by atoms with Gasteiger partial charge in [-0.15, -0.1) is 0 Å². The maximum atomic E-state index is 14.7. The van der Waals surface area contributed by atoms with Crippen molar-refractivity contribution in [1.29, 1.82) is 0 Å². The smallest absolute Gasteiger partial charge is 0.269 e. The fourth-order valence-electron chi connectivity index (χ4n) is 4.12. The molecule has 1 amide bonds. The van der Waals surface area contributed by atoms with Crippen LogP contribution in [-0.4, -0.2) is 34.1 Å². The van der Waals surface area contributed by atoms with Gasteiger partial charge in [-0.05, 0) is 69.2 Å². The van der Waals surface area contributed by atoms with Gasteiger partial charge in [0.25, 0.3) is 5.91 Å². The molecule has 2 heterocycles. The fourth-order valence-corrected chi connectivity index (χ4v) is 4.12. The number of hydrogen-bond donors (Lipinski definition) is 1. The van der Waals surface area contributed by atoms with Gasteiger partial charge in [0.1, 0.15) is 23.4 Å². The highest BCUT2D eigenvalue weighted by molar-refractivity contribution is 5.95. The number of benzene rings is 2. The van der Waals surface area contributed by atoms with E-state index in [1.54, 1.807) is 16.8 Å². The SMILES string of the molecule is CCn1nc(C)cc1C(=O)NC[C@@H]1Cc2cc(C)cc(-c3cc(C(C)=O)ccc3F)c2O1. The summed E-state index contributed by atoms with van der Waals surface area (Å²) < 4.78 is 22.5. The van der Waals surface area contributed by atoms with Crippen LogP contribution in [0.25, 0.3) is 11.1 Å². The first-order chi connectivity index (χ1) is 15.3. The molecule has 0 spiro atoms. The Hall–Kier alpha value is -3.48. The summed E-state index contributed by atoms with van der Waals surface area (Å²) in [5, 5.41) is 7.24. The highest BCUT2D eigenvalue weighted by Crippen LogP contribution is 2.41. The number of rotatable bonds is 6. The Labute approximate surface area is 186 Å². The van der Waals surface area contributed by atoms with E-state index >= 15 is 0 Å². The summed E-state index contributed by atoms with van der Waals surface area (Å²) in [5.41, 5.74) is 4.64. The Morgan fingerprint density at radius 2 is 1.97 bits per heavy atom. The first-order valence-corrected chi connectivity index (χ1v) is 10.7. The molecule has 0 unspecified atom stereocenters. The van der Waals surface area contributed by atoms with Crippen molar-refractivity contribution in [2.24, 2.45) is 0 Å². The van der Waals surface area contributed by atoms with E-state index in [4.69, 9.17) is 4.74 Å². The topological polar surface area (TPSA) is 73.2 Å². The Morgan fingerprint density at radius 1 is 1.19 bits per heavy atom. The number of fused-ring (bicyclic) bond motifs is 1. The number of hydrogen-bond acceptors (Lipinski definition) is 4. The van der Waals surface area contributed by atoms with Gasteiger partial charge in [-0.3, -0.25) is 14.3 Å². The molecule has 32 heavy (non-hydrogen) atoms. The standard InChI is InChI=1S/C25H26FN3O3/c1-5-29-23(10-15(3)28-29)25(31)27-13-19-11-18-8-14(2)9-21(24(18)32-19)20-12-17(16(4)30)6-7-22(20)26/h6-10,12,19H,5,11,13H2,1-4H3,(H,27,31)/t19-/m0/s1. The lowest BCUT2D eigenvalue weighted by Gasteiger charge is -2.15. The van der Waals surface area contributed by atoms with Gasteiger partial charge in [0.05, 0.1) is 12.2 Å². The number of aromatic nitrogens is 2. The summed E-state index contributed by atoms with van der Waals surface area (Å²) in [4.78, 5) is 24.5. The summed E-state index contributed by atoms with van der Waals surface area (Å²) in [7, 11) is 0. The average Bonchev–Trinajstić information content (AvgIpc) is 3.34. The van der Waals surface area contributed by atoms with Gasteiger partial charge in [0.15, 0.2) is 5.78 Å². The number of amides is 1. The second kappa shape index (κ2) is 8.57. The quantitative estimate of drug-likeness (QED) is 0.587. The Balaban J connectivity index is 1.56. The van der Waals surface area contributed by atoms with Crippen molar-refractivity contribution in [3.63, 3.8) is 0 Å². The number of nitrogens with zero attached hydrogens (tertiary/aromatic N) is 2. The molecular weight excluding hydrogens is 409 g/mol. The van der Waals surface area contributed by atoms with Crippen LogP contribution in [0.1, 0.15) is 51.5 Å². The molecule has 0 saturated heterocycles. The lowest BCUT2D eigenvalue weighted by atomic mass is 9.95. The van der Waals surface area contributed by atoms with E-state index in [2.05, 4.69) is 10.4 Å². The van der Waals surface area contributed by atoms with Gasteiger partial charge in [-0.25, -0.2) is 4.39 Å². The maximum absolute atomic E-state index is 14.7. The maximum Gasteiger partial charge on any atom is 0.269 e. The minimum Gasteiger partial charge on any atom is -0.487 e. The fraction of sp³-hybridized carbons (Fsp3) is 0.320. The molecule has 166 valence electrons. The molecule has 1 N–H and O–H groups in total. The van der Waals surface area contributed by atoms with E-state index in [1.807, 2.05) is 32.9 Å².